The lowest BCUT2D eigenvalue weighted by Crippen LogP contribution is -2.36. The van der Waals surface area contributed by atoms with Crippen molar-refractivity contribution in [3.8, 4) is 0 Å². The molecule has 19 heavy (non-hydrogen) atoms. The molecule has 1 aromatic rings. The van der Waals surface area contributed by atoms with Gasteiger partial charge in [0, 0.05) is 18.0 Å². The highest BCUT2D eigenvalue weighted by Crippen LogP contribution is 2.27. The second-order valence-corrected chi connectivity index (χ2v) is 7.35. The summed E-state index contributed by atoms with van der Waals surface area (Å²) in [5.74, 6) is 0.482. The second kappa shape index (κ2) is 5.92. The third-order valence-corrected chi connectivity index (χ3v) is 4.94. The number of hydrogen-bond acceptors (Lipinski definition) is 4. The highest BCUT2D eigenvalue weighted by Gasteiger charge is 2.23. The number of nitrogens with two attached hydrogens (primary N) is 1. The van der Waals surface area contributed by atoms with Gasteiger partial charge in [0.25, 0.3) is 0 Å². The summed E-state index contributed by atoms with van der Waals surface area (Å²) >= 11 is 0. The van der Waals surface area contributed by atoms with E-state index in [-0.39, 0.29) is 0 Å². The summed E-state index contributed by atoms with van der Waals surface area (Å²) in [7, 11) is -3.15. The average molecular weight is 282 g/mol. The molecule has 0 bridgehead atoms. The molecule has 2 unspecified atom stereocenters. The van der Waals surface area contributed by atoms with E-state index < -0.39 is 9.84 Å². The molecule has 3 N–H and O–H groups in total. The molecule has 0 amide bonds. The van der Waals surface area contributed by atoms with Crippen LogP contribution in [0.15, 0.2) is 29.2 Å². The number of anilines is 1. The number of nitrogens with one attached hydrogen (secondary N) is 1. The summed E-state index contributed by atoms with van der Waals surface area (Å²) in [5, 5.41) is 3.45. The molecule has 1 aromatic carbocycles. The molecule has 0 radical (unpaired) electrons. The fourth-order valence-electron chi connectivity index (χ4n) is 2.71. The molecule has 0 spiro atoms. The number of hydrogen-bond donors (Lipinski definition) is 2. The minimum atomic E-state index is -3.15. The van der Waals surface area contributed by atoms with Crippen LogP contribution in [0.2, 0.25) is 0 Å². The predicted octanol–water partition coefficient (Wildman–Crippen LogP) is 2.02. The van der Waals surface area contributed by atoms with Crippen molar-refractivity contribution in [2.24, 2.45) is 11.7 Å². The topological polar surface area (TPSA) is 72.2 Å². The van der Waals surface area contributed by atoms with Crippen molar-refractivity contribution < 1.29 is 8.42 Å². The first-order valence-corrected chi connectivity index (χ1v) is 8.66. The van der Waals surface area contributed by atoms with Crippen LogP contribution in [0.25, 0.3) is 0 Å². The van der Waals surface area contributed by atoms with Crippen LogP contribution in [0.4, 0.5) is 5.69 Å². The maximum Gasteiger partial charge on any atom is 0.175 e. The minimum absolute atomic E-state index is 0.355. The lowest BCUT2D eigenvalue weighted by molar-refractivity contribution is 0.332. The highest BCUT2D eigenvalue weighted by molar-refractivity contribution is 7.90. The van der Waals surface area contributed by atoms with Gasteiger partial charge >= 0.3 is 0 Å². The zero-order valence-corrected chi connectivity index (χ0v) is 12.1. The summed E-state index contributed by atoms with van der Waals surface area (Å²) in [6.07, 6.45) is 5.93. The monoisotopic (exact) mass is 282 g/mol. The van der Waals surface area contributed by atoms with Crippen molar-refractivity contribution >= 4 is 15.5 Å². The van der Waals surface area contributed by atoms with Gasteiger partial charge in [0.1, 0.15) is 0 Å². The largest absolute Gasteiger partial charge is 0.382 e. The van der Waals surface area contributed by atoms with Gasteiger partial charge in [-0.25, -0.2) is 8.42 Å². The first kappa shape index (κ1) is 14.3. The SMILES string of the molecule is CS(=O)(=O)c1cccc(NC2CCCCC2CN)c1. The zero-order valence-electron chi connectivity index (χ0n) is 11.3. The highest BCUT2D eigenvalue weighted by atomic mass is 32.2. The van der Waals surface area contributed by atoms with Crippen LogP contribution < -0.4 is 11.1 Å². The van der Waals surface area contributed by atoms with Gasteiger partial charge in [-0.05, 0) is 43.5 Å². The second-order valence-electron chi connectivity index (χ2n) is 5.33. The number of benzene rings is 1. The molecule has 0 aliphatic heterocycles. The maximum absolute atomic E-state index is 11.6. The van der Waals surface area contributed by atoms with Crippen LogP contribution in [0.3, 0.4) is 0 Å². The van der Waals surface area contributed by atoms with Gasteiger partial charge < -0.3 is 11.1 Å². The standard InChI is InChI=1S/C14H22N2O2S/c1-19(17,18)13-7-4-6-12(9-13)16-14-8-3-2-5-11(14)10-15/h4,6-7,9,11,14,16H,2-3,5,8,10,15H2,1H3. The Kier molecular flexibility index (Phi) is 4.47. The molecule has 1 aliphatic carbocycles. The first-order valence-electron chi connectivity index (χ1n) is 6.77. The van der Waals surface area contributed by atoms with Crippen LogP contribution in [0, 0.1) is 5.92 Å². The first-order chi connectivity index (χ1) is 9.00. The van der Waals surface area contributed by atoms with E-state index in [9.17, 15) is 8.42 Å². The van der Waals surface area contributed by atoms with Crippen LogP contribution >= 0.6 is 0 Å². The quantitative estimate of drug-likeness (QED) is 0.886. The molecule has 0 aromatic heterocycles. The van der Waals surface area contributed by atoms with E-state index in [4.69, 9.17) is 5.73 Å². The third-order valence-electron chi connectivity index (χ3n) is 3.83. The van der Waals surface area contributed by atoms with Crippen molar-refractivity contribution in [1.29, 1.82) is 0 Å². The van der Waals surface area contributed by atoms with E-state index in [1.165, 1.54) is 19.1 Å². The molecule has 1 saturated carbocycles. The van der Waals surface area contributed by atoms with Crippen LogP contribution in [0.5, 0.6) is 0 Å². The van der Waals surface area contributed by atoms with E-state index in [0.717, 1.165) is 18.5 Å². The van der Waals surface area contributed by atoms with Crippen molar-refractivity contribution in [2.75, 3.05) is 18.1 Å². The van der Waals surface area contributed by atoms with E-state index >= 15 is 0 Å². The van der Waals surface area contributed by atoms with Crippen molar-refractivity contribution in [3.05, 3.63) is 24.3 Å². The van der Waals surface area contributed by atoms with Crippen molar-refractivity contribution in [1.82, 2.24) is 0 Å². The van der Waals surface area contributed by atoms with Gasteiger partial charge in [-0.15, -0.1) is 0 Å². The van der Waals surface area contributed by atoms with E-state index in [0.29, 0.717) is 23.4 Å². The fraction of sp³-hybridized carbons (Fsp3) is 0.571. The lowest BCUT2D eigenvalue weighted by atomic mass is 9.84. The normalized spacial score (nSPS) is 24.1. The molecule has 106 valence electrons. The van der Waals surface area contributed by atoms with Gasteiger partial charge in [0.05, 0.1) is 4.90 Å². The van der Waals surface area contributed by atoms with Crippen molar-refractivity contribution in [2.45, 2.75) is 36.6 Å². The molecule has 4 nitrogen and oxygen atoms in total. The smallest absolute Gasteiger partial charge is 0.175 e. The maximum atomic E-state index is 11.6. The summed E-state index contributed by atoms with van der Waals surface area (Å²) in [6, 6.07) is 7.38. The summed E-state index contributed by atoms with van der Waals surface area (Å²) < 4.78 is 23.1. The van der Waals surface area contributed by atoms with Gasteiger partial charge in [0.2, 0.25) is 0 Å². The lowest BCUT2D eigenvalue weighted by Gasteiger charge is -2.32. The van der Waals surface area contributed by atoms with Gasteiger partial charge in [-0.2, -0.15) is 0 Å². The zero-order chi connectivity index (χ0) is 13.9. The molecule has 0 heterocycles. The summed E-state index contributed by atoms with van der Waals surface area (Å²) in [6.45, 7) is 0.684. The molecular formula is C14H22N2O2S. The van der Waals surface area contributed by atoms with Gasteiger partial charge in [-0.1, -0.05) is 18.9 Å². The average Bonchev–Trinajstić information content (AvgIpc) is 2.39. The molecule has 2 atom stereocenters. The molecule has 1 fully saturated rings. The van der Waals surface area contributed by atoms with E-state index in [2.05, 4.69) is 5.32 Å². The Morgan fingerprint density at radius 1 is 1.32 bits per heavy atom. The number of rotatable bonds is 4. The Morgan fingerprint density at radius 3 is 2.74 bits per heavy atom. The molecule has 1 aliphatic rings. The predicted molar refractivity (Wildman–Crippen MR) is 78.0 cm³/mol. The van der Waals surface area contributed by atoms with Crippen LogP contribution in [-0.2, 0) is 9.84 Å². The Morgan fingerprint density at radius 2 is 2.05 bits per heavy atom. The van der Waals surface area contributed by atoms with E-state index in [1.54, 1.807) is 18.2 Å². The third kappa shape index (κ3) is 3.70. The van der Waals surface area contributed by atoms with Crippen molar-refractivity contribution in [3.63, 3.8) is 0 Å². The Bertz CT molecular complexity index is 528. The van der Waals surface area contributed by atoms with Gasteiger partial charge in [-0.3, -0.25) is 0 Å². The molecular weight excluding hydrogens is 260 g/mol. The Balaban J connectivity index is 2.14. The Hall–Kier alpha value is -1.07. The minimum Gasteiger partial charge on any atom is -0.382 e. The van der Waals surface area contributed by atoms with Crippen LogP contribution in [0.1, 0.15) is 25.7 Å². The summed E-state index contributed by atoms with van der Waals surface area (Å²) in [4.78, 5) is 0.359. The number of sulfone groups is 1. The van der Waals surface area contributed by atoms with Crippen LogP contribution in [-0.4, -0.2) is 27.3 Å². The Labute approximate surface area is 115 Å². The van der Waals surface area contributed by atoms with E-state index in [1.807, 2.05) is 6.07 Å². The summed E-state index contributed by atoms with van der Waals surface area (Å²) in [5.41, 5.74) is 6.68. The molecule has 0 saturated heterocycles. The molecule has 2 rings (SSSR count). The molecule has 5 heteroatoms. The van der Waals surface area contributed by atoms with Gasteiger partial charge in [0.15, 0.2) is 9.84 Å². The fourth-order valence-corrected chi connectivity index (χ4v) is 3.38.